The van der Waals surface area contributed by atoms with Gasteiger partial charge in [0.1, 0.15) is 12.1 Å². The summed E-state index contributed by atoms with van der Waals surface area (Å²) in [6.07, 6.45) is 0.792. The van der Waals surface area contributed by atoms with E-state index in [2.05, 4.69) is 20.0 Å². The van der Waals surface area contributed by atoms with Gasteiger partial charge in [-0.3, -0.25) is 10.7 Å². The van der Waals surface area contributed by atoms with E-state index in [-0.39, 0.29) is 0 Å². The molecule has 0 spiro atoms. The molecule has 0 bridgehead atoms. The van der Waals surface area contributed by atoms with Gasteiger partial charge in [-0.1, -0.05) is 5.04 Å². The molecule has 0 unspecified atom stereocenters. The molecule has 0 fully saturated rings. The van der Waals surface area contributed by atoms with Crippen LogP contribution in [0.15, 0.2) is 20.0 Å². The van der Waals surface area contributed by atoms with Gasteiger partial charge in [0.25, 0.3) is 0 Å². The summed E-state index contributed by atoms with van der Waals surface area (Å²) in [5, 5.41) is 0.389. The van der Waals surface area contributed by atoms with Gasteiger partial charge in [0.15, 0.2) is 12.1 Å². The molecule has 2 aliphatic rings. The Morgan fingerprint density at radius 2 is 2.27 bits per heavy atom. The fourth-order valence-corrected chi connectivity index (χ4v) is 1.09. The van der Waals surface area contributed by atoms with Crippen LogP contribution in [-0.2, 0) is 12.6 Å². The van der Waals surface area contributed by atoms with Gasteiger partial charge in [-0.2, -0.15) is 0 Å². The predicted octanol–water partition coefficient (Wildman–Crippen LogP) is -0.931. The molecule has 0 saturated heterocycles. The van der Waals surface area contributed by atoms with Crippen LogP contribution in [0.1, 0.15) is 0 Å². The Labute approximate surface area is 68.3 Å². The highest BCUT2D eigenvalue weighted by Crippen LogP contribution is 2.04. The van der Waals surface area contributed by atoms with Crippen molar-refractivity contribution in [3.63, 3.8) is 0 Å². The molecule has 0 aliphatic carbocycles. The maximum absolute atomic E-state index is 5.41. The van der Waals surface area contributed by atoms with Crippen molar-refractivity contribution in [1.82, 2.24) is 0 Å². The molecule has 6 heteroatoms. The van der Waals surface area contributed by atoms with Crippen LogP contribution in [0.25, 0.3) is 0 Å². The van der Waals surface area contributed by atoms with Gasteiger partial charge in [0.2, 0.25) is 0 Å². The molecule has 5 nitrogen and oxygen atoms in total. The van der Waals surface area contributed by atoms with E-state index in [1.165, 1.54) is 6.34 Å². The Kier molecular flexibility index (Phi) is 1.30. The summed E-state index contributed by atoms with van der Waals surface area (Å²) in [5.74, 6) is 0.498. The third kappa shape index (κ3) is 0.958. The highest BCUT2D eigenvalue weighted by atomic mass is 32.1. The van der Waals surface area contributed by atoms with E-state index in [9.17, 15) is 0 Å². The first-order valence-electron chi connectivity index (χ1n) is 2.96. The lowest BCUT2D eigenvalue weighted by molar-refractivity contribution is 0.756. The highest BCUT2D eigenvalue weighted by Gasteiger charge is 2.16. The van der Waals surface area contributed by atoms with Crippen molar-refractivity contribution >= 4 is 35.6 Å². The van der Waals surface area contributed by atoms with Crippen LogP contribution >= 0.6 is 0 Å². The number of rotatable bonds is 0. The fraction of sp³-hybridized carbons (Fsp3) is 0.200. The second kappa shape index (κ2) is 2.18. The lowest BCUT2D eigenvalue weighted by atomic mass is 10.3. The van der Waals surface area contributed by atoms with Gasteiger partial charge in [-0.25, -0.2) is 15.0 Å². The summed E-state index contributed by atoms with van der Waals surface area (Å²) in [7, 11) is 0. The van der Waals surface area contributed by atoms with E-state index in [0.717, 1.165) is 0 Å². The van der Waals surface area contributed by atoms with E-state index < -0.39 is 6.29 Å². The number of nitrogens with two attached hydrogens (primary N) is 1. The molecule has 56 valence electrons. The van der Waals surface area contributed by atoms with Crippen LogP contribution < -0.4 is 5.73 Å². The molecule has 1 atom stereocenters. The Bertz CT molecular complexity index is 313. The number of fused-ring (bicyclic) bond motifs is 1. The van der Waals surface area contributed by atoms with Gasteiger partial charge < -0.3 is 12.6 Å². The maximum Gasteiger partial charge on any atom is 0.191 e. The lowest BCUT2D eigenvalue weighted by Gasteiger charge is -2.17. The summed E-state index contributed by atoms with van der Waals surface area (Å²) < 4.78 is 0. The van der Waals surface area contributed by atoms with E-state index in [1.54, 1.807) is 0 Å². The van der Waals surface area contributed by atoms with E-state index in [1.807, 2.05) is 0 Å². The van der Waals surface area contributed by atoms with Crippen molar-refractivity contribution in [3.8, 4) is 0 Å². The summed E-state index contributed by atoms with van der Waals surface area (Å²) in [6, 6.07) is 0. The smallest absolute Gasteiger partial charge is 0.191 e. The van der Waals surface area contributed by atoms with Crippen LogP contribution in [0.4, 0.5) is 0 Å². The number of amidine groups is 1. The van der Waals surface area contributed by atoms with Crippen molar-refractivity contribution in [2.45, 2.75) is 6.29 Å². The number of hydrogen-bond donors (Lipinski definition) is 1. The Morgan fingerprint density at radius 3 is 3.09 bits per heavy atom. The van der Waals surface area contributed by atoms with Crippen molar-refractivity contribution in [2.75, 3.05) is 0 Å². The molecule has 11 heavy (non-hydrogen) atoms. The second-order valence-corrected chi connectivity index (χ2v) is 2.41. The summed E-state index contributed by atoms with van der Waals surface area (Å²) in [5.41, 5.74) is 5.97. The number of hydrogen-bond acceptors (Lipinski definition) is 6. The van der Waals surface area contributed by atoms with E-state index >= 15 is 0 Å². The van der Waals surface area contributed by atoms with Crippen molar-refractivity contribution in [1.29, 1.82) is 0 Å². The topological polar surface area (TPSA) is 75.5 Å². The lowest BCUT2D eigenvalue weighted by Crippen LogP contribution is -2.30. The molecule has 0 aromatic rings. The van der Waals surface area contributed by atoms with Crippen molar-refractivity contribution < 1.29 is 0 Å². The summed E-state index contributed by atoms with van der Waals surface area (Å²) in [6.45, 7) is 0. The zero-order valence-electron chi connectivity index (χ0n) is 5.43. The van der Waals surface area contributed by atoms with Crippen molar-refractivity contribution in [2.24, 2.45) is 25.7 Å². The molecule has 0 radical (unpaired) electrons. The number of nitrogens with zero attached hydrogens (tertiary/aromatic N) is 4. The first-order chi connectivity index (χ1) is 5.27. The van der Waals surface area contributed by atoms with Crippen LogP contribution in [0.2, 0.25) is 0 Å². The van der Waals surface area contributed by atoms with Crippen LogP contribution in [0.5, 0.6) is 0 Å². The quantitative estimate of drug-likeness (QED) is 0.472. The maximum atomic E-state index is 5.41. The van der Waals surface area contributed by atoms with Crippen LogP contribution in [-0.4, -0.2) is 29.2 Å². The minimum Gasteiger partial charge on any atom is -0.758 e. The monoisotopic (exact) mass is 166 g/mol. The van der Waals surface area contributed by atoms with Crippen molar-refractivity contribution in [3.05, 3.63) is 0 Å². The first-order valence-corrected chi connectivity index (χ1v) is 3.37. The molecule has 2 heterocycles. The van der Waals surface area contributed by atoms with E-state index in [0.29, 0.717) is 16.6 Å². The second-order valence-electron chi connectivity index (χ2n) is 2.02. The molecule has 0 aromatic heterocycles. The zero-order valence-corrected chi connectivity index (χ0v) is 6.25. The Balaban J connectivity index is 2.46. The molecular formula is C5H4N5S-. The van der Waals surface area contributed by atoms with E-state index in [4.69, 9.17) is 18.4 Å². The molecule has 0 saturated carbocycles. The SMILES string of the molecule is N[C@@H]1N=C([S-])C2=NC=NC2=N1. The highest BCUT2D eigenvalue weighted by molar-refractivity contribution is 7.81. The molecule has 0 aromatic carbocycles. The summed E-state index contributed by atoms with van der Waals surface area (Å²) in [4.78, 5) is 15.5. The minimum atomic E-state index is -0.605. The first kappa shape index (κ1) is 6.56. The van der Waals surface area contributed by atoms with Gasteiger partial charge in [0, 0.05) is 0 Å². The van der Waals surface area contributed by atoms with Gasteiger partial charge >= 0.3 is 0 Å². The molecule has 2 rings (SSSR count). The molecule has 2 N–H and O–H groups in total. The fourth-order valence-electron chi connectivity index (χ4n) is 0.841. The largest absolute Gasteiger partial charge is 0.758 e. The molecule has 2 aliphatic heterocycles. The average Bonchev–Trinajstić information content (AvgIpc) is 2.34. The third-order valence-corrected chi connectivity index (χ3v) is 1.58. The number of aliphatic imine (C=N–C) groups is 4. The average molecular weight is 166 g/mol. The van der Waals surface area contributed by atoms with Gasteiger partial charge in [0.05, 0.1) is 0 Å². The summed E-state index contributed by atoms with van der Waals surface area (Å²) >= 11 is 4.88. The van der Waals surface area contributed by atoms with Gasteiger partial charge in [-0.15, -0.1) is 0 Å². The van der Waals surface area contributed by atoms with Gasteiger partial charge in [-0.05, 0) is 0 Å². The third-order valence-electron chi connectivity index (χ3n) is 1.29. The standard InChI is InChI=1S/C5H5N5S/c6-5-9-3-2(4(11)10-5)7-1-8-3/h1,5H,6H2,(H,10,11)/p-1/t5-/m0/s1. The van der Waals surface area contributed by atoms with Crippen LogP contribution in [0.3, 0.4) is 0 Å². The normalized spacial score (nSPS) is 27.4. The van der Waals surface area contributed by atoms with Crippen LogP contribution in [0, 0.1) is 0 Å². The Morgan fingerprint density at radius 1 is 1.45 bits per heavy atom. The minimum absolute atomic E-state index is 0.389. The predicted molar refractivity (Wildman–Crippen MR) is 46.1 cm³/mol. The molecular weight excluding hydrogens is 162 g/mol. The Hall–Kier alpha value is -1.14. The molecule has 0 amide bonds. The zero-order chi connectivity index (χ0) is 7.84.